The van der Waals surface area contributed by atoms with Crippen LogP contribution in [0.2, 0.25) is 0 Å². The highest BCUT2D eigenvalue weighted by atomic mass is 16.5. The van der Waals surface area contributed by atoms with E-state index in [2.05, 4.69) is 5.32 Å². The molecule has 7 nitrogen and oxygen atoms in total. The van der Waals surface area contributed by atoms with Gasteiger partial charge in [-0.3, -0.25) is 4.79 Å². The van der Waals surface area contributed by atoms with Crippen LogP contribution in [-0.4, -0.2) is 45.6 Å². The van der Waals surface area contributed by atoms with Crippen molar-refractivity contribution in [3.05, 3.63) is 48.0 Å². The normalized spacial score (nSPS) is 10.6. The molecule has 2 aromatic carbocycles. The average molecular weight is 387 g/mol. The highest BCUT2D eigenvalue weighted by molar-refractivity contribution is 5.94. The van der Waals surface area contributed by atoms with Crippen molar-refractivity contribution in [3.8, 4) is 23.0 Å². The van der Waals surface area contributed by atoms with Gasteiger partial charge in [0.05, 0.1) is 27.0 Å². The monoisotopic (exact) mass is 387 g/mol. The van der Waals surface area contributed by atoms with Crippen LogP contribution < -0.4 is 24.3 Å². The van der Waals surface area contributed by atoms with Gasteiger partial charge in [-0.15, -0.1) is 0 Å². The number of nitrogens with one attached hydrogen (secondary N) is 1. The number of carbonyl (C=O) groups excluding carboxylic acids is 1. The van der Waals surface area contributed by atoms with E-state index in [0.29, 0.717) is 35.1 Å². The summed E-state index contributed by atoms with van der Waals surface area (Å²) in [5, 5.41) is 11.8. The molecule has 2 N–H and O–H groups in total. The number of methoxy groups -OCH3 is 3. The molecule has 0 spiro atoms. The highest BCUT2D eigenvalue weighted by Gasteiger charge is 2.12. The van der Waals surface area contributed by atoms with Crippen LogP contribution in [0, 0.1) is 0 Å². The maximum atomic E-state index is 12.3. The number of anilines is 1. The predicted octanol–water partition coefficient (Wildman–Crippen LogP) is 3.13. The fraction of sp³-hybridized carbons (Fsp3) is 0.286. The fourth-order valence-electron chi connectivity index (χ4n) is 2.43. The van der Waals surface area contributed by atoms with Crippen LogP contribution in [0.25, 0.3) is 6.08 Å². The first-order valence-electron chi connectivity index (χ1n) is 8.71. The molecule has 0 unspecified atom stereocenters. The number of aliphatic hydroxyl groups is 1. The average Bonchev–Trinajstić information content (AvgIpc) is 2.73. The van der Waals surface area contributed by atoms with E-state index in [1.54, 1.807) is 56.7 Å². The summed E-state index contributed by atoms with van der Waals surface area (Å²) < 4.78 is 21.2. The summed E-state index contributed by atoms with van der Waals surface area (Å²) in [6.45, 7) is -0.109. The first kappa shape index (κ1) is 21.1. The zero-order chi connectivity index (χ0) is 20.4. The molecule has 7 heteroatoms. The molecule has 0 aliphatic heterocycles. The number of ether oxygens (including phenoxy) is 4. The number of hydrogen-bond donors (Lipinski definition) is 2. The van der Waals surface area contributed by atoms with Crippen LogP contribution in [-0.2, 0) is 4.79 Å². The van der Waals surface area contributed by atoms with Crippen LogP contribution in [0.3, 0.4) is 0 Å². The Balaban J connectivity index is 2.11. The molecule has 1 amide bonds. The molecule has 2 rings (SSSR count). The molecule has 150 valence electrons. The molecular weight excluding hydrogens is 362 g/mol. The first-order valence-corrected chi connectivity index (χ1v) is 8.71. The summed E-state index contributed by atoms with van der Waals surface area (Å²) in [5.74, 6) is 1.99. The number of rotatable bonds is 10. The lowest BCUT2D eigenvalue weighted by Gasteiger charge is -2.14. The van der Waals surface area contributed by atoms with Crippen molar-refractivity contribution >= 4 is 17.7 Å². The van der Waals surface area contributed by atoms with Crippen molar-refractivity contribution in [1.82, 2.24) is 0 Å². The maximum Gasteiger partial charge on any atom is 0.262 e. The Morgan fingerprint density at radius 2 is 1.64 bits per heavy atom. The molecule has 0 saturated carbocycles. The lowest BCUT2D eigenvalue weighted by Crippen LogP contribution is -2.20. The van der Waals surface area contributed by atoms with Gasteiger partial charge in [0.15, 0.2) is 18.1 Å². The predicted molar refractivity (Wildman–Crippen MR) is 107 cm³/mol. The minimum Gasteiger partial charge on any atom is -0.497 e. The Hall–Kier alpha value is -3.19. The van der Waals surface area contributed by atoms with Crippen molar-refractivity contribution in [2.45, 2.75) is 6.42 Å². The van der Waals surface area contributed by atoms with Gasteiger partial charge < -0.3 is 29.4 Å². The van der Waals surface area contributed by atoms with Gasteiger partial charge in [-0.2, -0.15) is 0 Å². The summed E-state index contributed by atoms with van der Waals surface area (Å²) in [6, 6.07) is 10.4. The van der Waals surface area contributed by atoms with E-state index in [1.165, 1.54) is 7.11 Å². The fourth-order valence-corrected chi connectivity index (χ4v) is 2.43. The Bertz CT molecular complexity index is 801. The van der Waals surface area contributed by atoms with Crippen molar-refractivity contribution < 1.29 is 28.8 Å². The molecule has 0 aliphatic rings. The standard InChI is InChI=1S/C21H25NO6/c1-25-16-7-9-17(10-8-16)28-14-21(24)22-18-13-20(27-3)19(26-2)12-15(18)6-4-5-11-23/h4,6-10,12-13,23H,5,11,14H2,1-3H3,(H,22,24)/b6-4+. The number of benzene rings is 2. The molecule has 0 fully saturated rings. The lowest BCUT2D eigenvalue weighted by atomic mass is 10.1. The molecule has 0 heterocycles. The number of hydrogen-bond acceptors (Lipinski definition) is 6. The third-order valence-corrected chi connectivity index (χ3v) is 3.85. The van der Waals surface area contributed by atoms with Crippen LogP contribution in [0.15, 0.2) is 42.5 Å². The van der Waals surface area contributed by atoms with Gasteiger partial charge in [-0.1, -0.05) is 12.2 Å². The summed E-state index contributed by atoms with van der Waals surface area (Å²) in [7, 11) is 4.65. The van der Waals surface area contributed by atoms with Gasteiger partial charge in [-0.05, 0) is 36.8 Å². The minimum absolute atomic E-state index is 0.0428. The van der Waals surface area contributed by atoms with Crippen molar-refractivity contribution in [2.24, 2.45) is 0 Å². The minimum atomic E-state index is -0.320. The SMILES string of the molecule is COc1ccc(OCC(=O)Nc2cc(OC)c(OC)cc2/C=C/CCO)cc1. The number of amides is 1. The number of carbonyl (C=O) groups is 1. The highest BCUT2D eigenvalue weighted by Crippen LogP contribution is 2.34. The van der Waals surface area contributed by atoms with Gasteiger partial charge in [0.1, 0.15) is 11.5 Å². The second kappa shape index (κ2) is 10.8. The second-order valence-corrected chi connectivity index (χ2v) is 5.72. The number of aliphatic hydroxyl groups excluding tert-OH is 1. The summed E-state index contributed by atoms with van der Waals surface area (Å²) in [6.07, 6.45) is 4.12. The van der Waals surface area contributed by atoms with Crippen molar-refractivity contribution in [2.75, 3.05) is 39.9 Å². The molecule has 0 atom stereocenters. The van der Waals surface area contributed by atoms with Crippen molar-refractivity contribution in [3.63, 3.8) is 0 Å². The van der Waals surface area contributed by atoms with E-state index in [4.69, 9.17) is 24.1 Å². The topological polar surface area (TPSA) is 86.3 Å². The summed E-state index contributed by atoms with van der Waals surface area (Å²) >= 11 is 0. The van der Waals surface area contributed by atoms with Crippen LogP contribution in [0.1, 0.15) is 12.0 Å². The Labute approximate surface area is 164 Å². The van der Waals surface area contributed by atoms with Crippen molar-refractivity contribution in [1.29, 1.82) is 0 Å². The first-order chi connectivity index (χ1) is 13.6. The van der Waals surface area contributed by atoms with E-state index in [1.807, 2.05) is 6.08 Å². The van der Waals surface area contributed by atoms with E-state index < -0.39 is 0 Å². The van der Waals surface area contributed by atoms with Gasteiger partial charge in [0.2, 0.25) is 0 Å². The Morgan fingerprint density at radius 3 is 2.25 bits per heavy atom. The van der Waals surface area contributed by atoms with Crippen LogP contribution in [0.5, 0.6) is 23.0 Å². The summed E-state index contributed by atoms with van der Waals surface area (Å²) in [4.78, 5) is 12.3. The molecule has 2 aromatic rings. The third-order valence-electron chi connectivity index (χ3n) is 3.85. The van der Waals surface area contributed by atoms with E-state index in [9.17, 15) is 4.79 Å². The molecule has 0 radical (unpaired) electrons. The molecule has 0 saturated heterocycles. The largest absolute Gasteiger partial charge is 0.497 e. The maximum absolute atomic E-state index is 12.3. The molecular formula is C21H25NO6. The second-order valence-electron chi connectivity index (χ2n) is 5.72. The zero-order valence-electron chi connectivity index (χ0n) is 16.2. The quantitative estimate of drug-likeness (QED) is 0.651. The van der Waals surface area contributed by atoms with Crippen LogP contribution >= 0.6 is 0 Å². The molecule has 0 aliphatic carbocycles. The van der Waals surface area contributed by atoms with Gasteiger partial charge >= 0.3 is 0 Å². The van der Waals surface area contributed by atoms with Crippen LogP contribution in [0.4, 0.5) is 5.69 Å². The lowest BCUT2D eigenvalue weighted by molar-refractivity contribution is -0.118. The Kier molecular flexibility index (Phi) is 8.17. The molecule has 0 bridgehead atoms. The Morgan fingerprint density at radius 1 is 1.00 bits per heavy atom. The zero-order valence-corrected chi connectivity index (χ0v) is 16.2. The van der Waals surface area contributed by atoms with Gasteiger partial charge in [0.25, 0.3) is 5.91 Å². The van der Waals surface area contributed by atoms with E-state index >= 15 is 0 Å². The van der Waals surface area contributed by atoms with E-state index in [-0.39, 0.29) is 19.1 Å². The summed E-state index contributed by atoms with van der Waals surface area (Å²) in [5.41, 5.74) is 1.28. The van der Waals surface area contributed by atoms with Gasteiger partial charge in [-0.25, -0.2) is 0 Å². The smallest absolute Gasteiger partial charge is 0.262 e. The molecule has 28 heavy (non-hydrogen) atoms. The van der Waals surface area contributed by atoms with Gasteiger partial charge in [0, 0.05) is 18.2 Å². The molecule has 0 aromatic heterocycles. The van der Waals surface area contributed by atoms with E-state index in [0.717, 1.165) is 5.56 Å². The third kappa shape index (κ3) is 5.92.